The summed E-state index contributed by atoms with van der Waals surface area (Å²) in [7, 11) is 4.30. The third kappa shape index (κ3) is 2.61. The Balaban J connectivity index is 0.00000133. The fourth-order valence-corrected chi connectivity index (χ4v) is 3.61. The van der Waals surface area contributed by atoms with Crippen LogP contribution >= 0.6 is 12.4 Å². The van der Waals surface area contributed by atoms with Gasteiger partial charge in [0, 0.05) is 24.4 Å². The minimum atomic E-state index is 0. The molecule has 1 saturated carbocycles. The summed E-state index contributed by atoms with van der Waals surface area (Å²) >= 11 is 0. The number of benzene rings is 1. The Hall–Kier alpha value is -0.730. The first-order valence-electron chi connectivity index (χ1n) is 7.14. The van der Waals surface area contributed by atoms with Gasteiger partial charge in [-0.3, -0.25) is 0 Å². The smallest absolute Gasteiger partial charge is 0.123 e. The average Bonchev–Trinajstić information content (AvgIpc) is 2.71. The quantitative estimate of drug-likeness (QED) is 0.834. The Morgan fingerprint density at radius 2 is 2.05 bits per heavy atom. The van der Waals surface area contributed by atoms with Crippen LogP contribution in [0.1, 0.15) is 43.6 Å². The topological polar surface area (TPSA) is 12.5 Å². The molecule has 2 aliphatic rings. The van der Waals surface area contributed by atoms with E-state index in [0.29, 0.717) is 5.92 Å². The predicted octanol–water partition coefficient (Wildman–Crippen LogP) is 3.85. The van der Waals surface area contributed by atoms with E-state index >= 15 is 0 Å². The number of fused-ring (bicyclic) bond motifs is 3. The van der Waals surface area contributed by atoms with Gasteiger partial charge in [-0.05, 0) is 39.4 Å². The summed E-state index contributed by atoms with van der Waals surface area (Å²) in [6.45, 7) is 1.12. The largest absolute Gasteiger partial charge is 0.486 e. The molecule has 1 aliphatic carbocycles. The summed E-state index contributed by atoms with van der Waals surface area (Å²) in [6.07, 6.45) is 6.34. The van der Waals surface area contributed by atoms with E-state index < -0.39 is 0 Å². The van der Waals surface area contributed by atoms with Crippen molar-refractivity contribution in [2.45, 2.75) is 43.6 Å². The Morgan fingerprint density at radius 1 is 1.26 bits per heavy atom. The second kappa shape index (κ2) is 5.72. The predicted molar refractivity (Wildman–Crippen MR) is 81.4 cm³/mol. The number of para-hydroxylation sites is 1. The molecule has 3 heteroatoms. The zero-order valence-electron chi connectivity index (χ0n) is 11.9. The van der Waals surface area contributed by atoms with E-state index in [2.05, 4.69) is 43.3 Å². The minimum Gasteiger partial charge on any atom is -0.486 e. The van der Waals surface area contributed by atoms with Crippen LogP contribution in [0.15, 0.2) is 24.3 Å². The van der Waals surface area contributed by atoms with Gasteiger partial charge < -0.3 is 9.64 Å². The van der Waals surface area contributed by atoms with E-state index in [0.717, 1.165) is 18.7 Å². The molecule has 1 fully saturated rings. The zero-order valence-corrected chi connectivity index (χ0v) is 12.7. The number of ether oxygens (including phenoxy) is 1. The second-order valence-corrected chi connectivity index (χ2v) is 6.06. The maximum atomic E-state index is 6.42. The van der Waals surface area contributed by atoms with Crippen molar-refractivity contribution < 1.29 is 4.74 Å². The molecule has 2 nitrogen and oxygen atoms in total. The van der Waals surface area contributed by atoms with Gasteiger partial charge in [-0.25, -0.2) is 0 Å². The molecule has 1 aliphatic heterocycles. The van der Waals surface area contributed by atoms with Gasteiger partial charge >= 0.3 is 0 Å². The first-order valence-corrected chi connectivity index (χ1v) is 7.14. The molecule has 1 aromatic carbocycles. The standard InChI is InChI=1S/C16H23NO.ClH/c1-17(2)12-11-16-10-6-5-8-14(16)13-7-3-4-9-15(13)18-16;/h3-4,7,9,14H,5-6,8,10-12H2,1-2H3;1H/t14-,16+;/m0./s1. The normalized spacial score (nSPS) is 28.3. The molecule has 1 aromatic rings. The van der Waals surface area contributed by atoms with Crippen molar-refractivity contribution in [3.63, 3.8) is 0 Å². The summed E-state index contributed by atoms with van der Waals surface area (Å²) in [5, 5.41) is 0. The summed E-state index contributed by atoms with van der Waals surface area (Å²) < 4.78 is 6.42. The first-order chi connectivity index (χ1) is 8.71. The monoisotopic (exact) mass is 281 g/mol. The third-order valence-corrected chi connectivity index (χ3v) is 4.57. The van der Waals surface area contributed by atoms with E-state index in [4.69, 9.17) is 4.74 Å². The van der Waals surface area contributed by atoms with Crippen LogP contribution in [0.5, 0.6) is 5.75 Å². The molecule has 0 radical (unpaired) electrons. The van der Waals surface area contributed by atoms with Crippen LogP contribution < -0.4 is 4.74 Å². The molecular formula is C16H24ClNO. The molecular weight excluding hydrogens is 258 g/mol. The minimum absolute atomic E-state index is 0. The third-order valence-electron chi connectivity index (χ3n) is 4.57. The second-order valence-electron chi connectivity index (χ2n) is 6.06. The van der Waals surface area contributed by atoms with Crippen LogP contribution in [0, 0.1) is 0 Å². The molecule has 0 aromatic heterocycles. The van der Waals surface area contributed by atoms with Crippen molar-refractivity contribution >= 4 is 12.4 Å². The lowest BCUT2D eigenvalue weighted by Gasteiger charge is -2.39. The van der Waals surface area contributed by atoms with E-state index in [1.54, 1.807) is 0 Å². The van der Waals surface area contributed by atoms with E-state index in [1.165, 1.54) is 31.2 Å². The molecule has 2 atom stereocenters. The molecule has 0 bridgehead atoms. The van der Waals surface area contributed by atoms with E-state index in [-0.39, 0.29) is 18.0 Å². The Bertz CT molecular complexity index is 435. The summed E-state index contributed by atoms with van der Waals surface area (Å²) in [5.74, 6) is 1.77. The van der Waals surface area contributed by atoms with E-state index in [1.807, 2.05) is 0 Å². The van der Waals surface area contributed by atoms with Gasteiger partial charge in [0.1, 0.15) is 11.4 Å². The lowest BCUT2D eigenvalue weighted by molar-refractivity contribution is 0.0214. The van der Waals surface area contributed by atoms with Crippen molar-refractivity contribution in [3.8, 4) is 5.75 Å². The van der Waals surface area contributed by atoms with Crippen molar-refractivity contribution in [1.29, 1.82) is 0 Å². The maximum Gasteiger partial charge on any atom is 0.123 e. The highest BCUT2D eigenvalue weighted by Gasteiger charge is 2.48. The zero-order chi connectivity index (χ0) is 12.6. The van der Waals surface area contributed by atoms with Crippen LogP contribution in [0.4, 0.5) is 0 Å². The van der Waals surface area contributed by atoms with Crippen molar-refractivity contribution in [1.82, 2.24) is 4.90 Å². The van der Waals surface area contributed by atoms with E-state index in [9.17, 15) is 0 Å². The number of nitrogens with zero attached hydrogens (tertiary/aromatic N) is 1. The van der Waals surface area contributed by atoms with Crippen LogP contribution in [0.2, 0.25) is 0 Å². The Labute approximate surface area is 122 Å². The van der Waals surface area contributed by atoms with Crippen LogP contribution in [0.3, 0.4) is 0 Å². The highest BCUT2D eigenvalue weighted by molar-refractivity contribution is 5.85. The Kier molecular flexibility index (Phi) is 4.42. The van der Waals surface area contributed by atoms with Gasteiger partial charge in [-0.15, -0.1) is 12.4 Å². The van der Waals surface area contributed by atoms with Gasteiger partial charge in [0.05, 0.1) is 0 Å². The number of hydrogen-bond acceptors (Lipinski definition) is 2. The van der Waals surface area contributed by atoms with Gasteiger partial charge in [0.2, 0.25) is 0 Å². The number of rotatable bonds is 3. The van der Waals surface area contributed by atoms with Crippen LogP contribution in [0.25, 0.3) is 0 Å². The lowest BCUT2D eigenvalue weighted by Crippen LogP contribution is -2.42. The molecule has 0 amide bonds. The highest BCUT2D eigenvalue weighted by atomic mass is 35.5. The van der Waals surface area contributed by atoms with Gasteiger partial charge in [-0.2, -0.15) is 0 Å². The molecule has 0 unspecified atom stereocenters. The number of hydrogen-bond donors (Lipinski definition) is 0. The Morgan fingerprint density at radius 3 is 2.84 bits per heavy atom. The van der Waals surface area contributed by atoms with Crippen LogP contribution in [-0.2, 0) is 0 Å². The number of halogens is 1. The van der Waals surface area contributed by atoms with Crippen LogP contribution in [-0.4, -0.2) is 31.1 Å². The van der Waals surface area contributed by atoms with Gasteiger partial charge in [0.25, 0.3) is 0 Å². The van der Waals surface area contributed by atoms with Gasteiger partial charge in [0.15, 0.2) is 0 Å². The first kappa shape index (κ1) is 14.7. The summed E-state index contributed by atoms with van der Waals surface area (Å²) in [5.41, 5.74) is 1.54. The summed E-state index contributed by atoms with van der Waals surface area (Å²) in [4.78, 5) is 2.27. The lowest BCUT2D eigenvalue weighted by atomic mass is 9.72. The molecule has 19 heavy (non-hydrogen) atoms. The molecule has 0 saturated heterocycles. The average molecular weight is 282 g/mol. The van der Waals surface area contributed by atoms with Crippen molar-refractivity contribution in [2.75, 3.05) is 20.6 Å². The molecule has 106 valence electrons. The summed E-state index contributed by atoms with van der Waals surface area (Å²) in [6, 6.07) is 8.66. The fraction of sp³-hybridized carbons (Fsp3) is 0.625. The molecule has 3 rings (SSSR count). The highest BCUT2D eigenvalue weighted by Crippen LogP contribution is 2.53. The van der Waals surface area contributed by atoms with Gasteiger partial charge in [-0.1, -0.05) is 24.6 Å². The molecule has 0 spiro atoms. The molecule has 0 N–H and O–H groups in total. The van der Waals surface area contributed by atoms with Crippen molar-refractivity contribution in [3.05, 3.63) is 29.8 Å². The molecule has 1 heterocycles. The van der Waals surface area contributed by atoms with Crippen molar-refractivity contribution in [2.24, 2.45) is 0 Å². The maximum absolute atomic E-state index is 6.42. The fourth-order valence-electron chi connectivity index (χ4n) is 3.61. The SMILES string of the molecule is CN(C)CC[C@]12CCCC[C@H]1c1ccccc1O2.Cl.